The van der Waals surface area contributed by atoms with Crippen LogP contribution in [0.1, 0.15) is 42.0 Å². The maximum absolute atomic E-state index is 14.8. The van der Waals surface area contributed by atoms with E-state index in [-0.39, 0.29) is 24.2 Å². The summed E-state index contributed by atoms with van der Waals surface area (Å²) in [5, 5.41) is 3.70. The Labute approximate surface area is 317 Å². The van der Waals surface area contributed by atoms with Gasteiger partial charge in [0, 0.05) is 49.9 Å². The first-order valence-corrected chi connectivity index (χ1v) is 19.1. The van der Waals surface area contributed by atoms with Crippen molar-refractivity contribution in [1.82, 2.24) is 20.0 Å². The Morgan fingerprint density at radius 1 is 0.887 bits per heavy atom. The Morgan fingerprint density at radius 2 is 1.62 bits per heavy atom. The molecular formula is C43H50ClFN4O4. The van der Waals surface area contributed by atoms with Gasteiger partial charge >= 0.3 is 6.09 Å². The Bertz CT molecular complexity index is 1810. The minimum atomic E-state index is -0.704. The van der Waals surface area contributed by atoms with Crippen molar-refractivity contribution < 1.29 is 23.5 Å². The minimum absolute atomic E-state index is 0.0393. The molecule has 0 aromatic heterocycles. The van der Waals surface area contributed by atoms with Crippen LogP contribution in [0.4, 0.5) is 9.18 Å². The Balaban J connectivity index is 1.08. The fourth-order valence-corrected chi connectivity index (χ4v) is 7.57. The van der Waals surface area contributed by atoms with Gasteiger partial charge in [-0.05, 0) is 98.6 Å². The second-order valence-corrected chi connectivity index (χ2v) is 14.5. The summed E-state index contributed by atoms with van der Waals surface area (Å²) >= 11 is 6.45. The fraction of sp³-hybridized carbons (Fsp3) is 0.395. The highest BCUT2D eigenvalue weighted by Crippen LogP contribution is 2.29. The summed E-state index contributed by atoms with van der Waals surface area (Å²) in [5.41, 5.74) is 6.21. The zero-order valence-corrected chi connectivity index (χ0v) is 31.5. The Hall–Kier alpha value is -4.44. The van der Waals surface area contributed by atoms with E-state index in [0.717, 1.165) is 49.5 Å². The molecule has 2 fully saturated rings. The van der Waals surface area contributed by atoms with Crippen LogP contribution in [0.5, 0.6) is 5.75 Å². The van der Waals surface area contributed by atoms with Crippen LogP contribution in [0.2, 0.25) is 5.02 Å². The Kier molecular flexibility index (Phi) is 13.4. The van der Waals surface area contributed by atoms with Crippen molar-refractivity contribution in [3.63, 3.8) is 0 Å². The van der Waals surface area contributed by atoms with Gasteiger partial charge in [-0.3, -0.25) is 9.69 Å². The summed E-state index contributed by atoms with van der Waals surface area (Å²) in [6.45, 7) is 9.58. The van der Waals surface area contributed by atoms with Crippen LogP contribution in [-0.2, 0) is 29.1 Å². The molecular weight excluding hydrogens is 691 g/mol. The number of carbonyl (C=O) groups is 2. The van der Waals surface area contributed by atoms with Gasteiger partial charge in [0.1, 0.15) is 24.2 Å². The number of piperazine rings is 1. The van der Waals surface area contributed by atoms with Crippen LogP contribution in [-0.4, -0.2) is 85.2 Å². The van der Waals surface area contributed by atoms with E-state index in [1.54, 1.807) is 12.1 Å². The van der Waals surface area contributed by atoms with Crippen molar-refractivity contribution in [3.8, 4) is 16.9 Å². The van der Waals surface area contributed by atoms with Gasteiger partial charge in [0.25, 0.3) is 0 Å². The number of hydrogen-bond acceptors (Lipinski definition) is 6. The predicted octanol–water partition coefficient (Wildman–Crippen LogP) is 7.75. The monoisotopic (exact) mass is 740 g/mol. The molecule has 1 N–H and O–H groups in total. The number of nitrogens with zero attached hydrogens (tertiary/aromatic N) is 3. The summed E-state index contributed by atoms with van der Waals surface area (Å²) in [6.07, 6.45) is 1.79. The van der Waals surface area contributed by atoms with E-state index in [1.807, 2.05) is 48.2 Å². The van der Waals surface area contributed by atoms with Gasteiger partial charge in [-0.15, -0.1) is 0 Å². The molecule has 0 radical (unpaired) electrons. The zero-order chi connectivity index (χ0) is 37.2. The van der Waals surface area contributed by atoms with Crippen molar-refractivity contribution >= 4 is 23.6 Å². The van der Waals surface area contributed by atoms with E-state index in [1.165, 1.54) is 28.3 Å². The van der Waals surface area contributed by atoms with Gasteiger partial charge < -0.3 is 24.6 Å². The van der Waals surface area contributed by atoms with Crippen LogP contribution in [0.15, 0.2) is 91.0 Å². The standard InChI is InChI=1S/C43H50ClFN4O4/c1-3-52-40-11-7-10-39(45)38(40)29-48-24-26-49(27-25-48)42(50)41(46-43(51)53-30-32-8-5-4-6-9-32)34-18-21-47(22-19-34)23-20-35-28-36(44)16-17-37(35)33-14-12-31(2)13-15-33/h4-17,28,34,41H,3,18-27,29-30H2,1-2H3,(H,46,51)/t41-/m1/s1. The second kappa shape index (κ2) is 18.5. The molecule has 4 aromatic carbocycles. The molecule has 2 amide bonds. The number of carbonyl (C=O) groups excluding carboxylic acids is 2. The third-order valence-electron chi connectivity index (χ3n) is 10.4. The van der Waals surface area contributed by atoms with Gasteiger partial charge in [0.05, 0.1) is 6.61 Å². The molecule has 2 aliphatic heterocycles. The zero-order valence-electron chi connectivity index (χ0n) is 30.7. The first kappa shape index (κ1) is 38.3. The Morgan fingerprint density at radius 3 is 2.34 bits per heavy atom. The van der Waals surface area contributed by atoms with E-state index in [0.29, 0.717) is 50.6 Å². The van der Waals surface area contributed by atoms with Gasteiger partial charge in [-0.25, -0.2) is 9.18 Å². The molecule has 1 atom stereocenters. The molecule has 2 saturated heterocycles. The topological polar surface area (TPSA) is 74.3 Å². The number of hydrogen-bond donors (Lipinski definition) is 1. The molecule has 2 aliphatic rings. The highest BCUT2D eigenvalue weighted by molar-refractivity contribution is 6.30. The molecule has 280 valence electrons. The quantitative estimate of drug-likeness (QED) is 0.151. The lowest BCUT2D eigenvalue weighted by atomic mass is 9.88. The van der Waals surface area contributed by atoms with E-state index in [4.69, 9.17) is 21.1 Å². The molecule has 0 saturated carbocycles. The number of piperidine rings is 1. The number of rotatable bonds is 13. The van der Waals surface area contributed by atoms with Crippen LogP contribution >= 0.6 is 11.6 Å². The van der Waals surface area contributed by atoms with E-state index < -0.39 is 12.1 Å². The molecule has 10 heteroatoms. The van der Waals surface area contributed by atoms with Gasteiger partial charge in [0.2, 0.25) is 5.91 Å². The summed E-state index contributed by atoms with van der Waals surface area (Å²) < 4.78 is 26.1. The van der Waals surface area contributed by atoms with Crippen molar-refractivity contribution in [1.29, 1.82) is 0 Å². The SMILES string of the molecule is CCOc1cccc(F)c1CN1CCN(C(=O)[C@H](NC(=O)OCc2ccccc2)C2CCN(CCc3cc(Cl)ccc3-c3ccc(C)cc3)CC2)CC1. The summed E-state index contributed by atoms with van der Waals surface area (Å²) in [7, 11) is 0. The lowest BCUT2D eigenvalue weighted by molar-refractivity contribution is -0.137. The van der Waals surface area contributed by atoms with Crippen molar-refractivity contribution in [2.45, 2.75) is 52.3 Å². The van der Waals surface area contributed by atoms with Crippen LogP contribution in [0, 0.1) is 18.7 Å². The summed E-state index contributed by atoms with van der Waals surface area (Å²) in [4.78, 5) is 33.8. The molecule has 53 heavy (non-hydrogen) atoms. The number of benzene rings is 4. The number of nitrogens with one attached hydrogen (secondary N) is 1. The van der Waals surface area contributed by atoms with Crippen molar-refractivity contribution in [2.75, 3.05) is 52.4 Å². The molecule has 8 nitrogen and oxygen atoms in total. The van der Waals surface area contributed by atoms with E-state index in [9.17, 15) is 14.0 Å². The van der Waals surface area contributed by atoms with Crippen LogP contribution in [0.3, 0.4) is 0 Å². The molecule has 0 bridgehead atoms. The number of amides is 2. The molecule has 6 rings (SSSR count). The lowest BCUT2D eigenvalue weighted by Crippen LogP contribution is -2.58. The summed E-state index contributed by atoms with van der Waals surface area (Å²) in [6, 6.07) is 28.4. The average Bonchev–Trinajstić information content (AvgIpc) is 3.18. The first-order valence-electron chi connectivity index (χ1n) is 18.7. The highest BCUT2D eigenvalue weighted by atomic mass is 35.5. The van der Waals surface area contributed by atoms with E-state index in [2.05, 4.69) is 58.4 Å². The smallest absolute Gasteiger partial charge is 0.408 e. The van der Waals surface area contributed by atoms with Crippen LogP contribution in [0.25, 0.3) is 11.1 Å². The predicted molar refractivity (Wildman–Crippen MR) is 207 cm³/mol. The third kappa shape index (κ3) is 10.4. The number of alkyl carbamates (subject to hydrolysis) is 1. The van der Waals surface area contributed by atoms with Crippen molar-refractivity contribution in [3.05, 3.63) is 124 Å². The molecule has 0 unspecified atom stereocenters. The molecule has 2 heterocycles. The number of ether oxygens (including phenoxy) is 2. The molecule has 0 aliphatic carbocycles. The second-order valence-electron chi connectivity index (χ2n) is 14.0. The van der Waals surface area contributed by atoms with Gasteiger partial charge in [0.15, 0.2) is 0 Å². The largest absolute Gasteiger partial charge is 0.493 e. The lowest BCUT2D eigenvalue weighted by Gasteiger charge is -2.40. The van der Waals surface area contributed by atoms with Gasteiger partial charge in [-0.2, -0.15) is 0 Å². The average molecular weight is 741 g/mol. The maximum atomic E-state index is 14.8. The fourth-order valence-electron chi connectivity index (χ4n) is 7.37. The summed E-state index contributed by atoms with van der Waals surface area (Å²) in [5.74, 6) is 0.123. The van der Waals surface area contributed by atoms with E-state index >= 15 is 0 Å². The highest BCUT2D eigenvalue weighted by Gasteiger charge is 2.37. The normalized spacial score (nSPS) is 16.3. The number of aryl methyl sites for hydroxylation is 1. The molecule has 0 spiro atoms. The maximum Gasteiger partial charge on any atom is 0.408 e. The first-order chi connectivity index (χ1) is 25.8. The van der Waals surface area contributed by atoms with Crippen molar-refractivity contribution in [2.24, 2.45) is 5.92 Å². The van der Waals surface area contributed by atoms with Crippen LogP contribution < -0.4 is 10.1 Å². The minimum Gasteiger partial charge on any atom is -0.493 e. The number of halogens is 2. The number of likely N-dealkylation sites (tertiary alicyclic amines) is 1. The van der Waals surface area contributed by atoms with Gasteiger partial charge in [-0.1, -0.05) is 83.9 Å². The third-order valence-corrected chi connectivity index (χ3v) is 10.7. The molecule has 4 aromatic rings.